The quantitative estimate of drug-likeness (QED) is 0.264. The number of allylic oxidation sites excluding steroid dienone is 1. The van der Waals surface area contributed by atoms with Gasteiger partial charge in [0.05, 0.1) is 42.7 Å². The molecule has 0 aromatic rings. The Labute approximate surface area is 197 Å². The summed E-state index contributed by atoms with van der Waals surface area (Å²) in [5.41, 5.74) is 5.94. The van der Waals surface area contributed by atoms with Gasteiger partial charge in [0.2, 0.25) is 0 Å². The van der Waals surface area contributed by atoms with E-state index in [9.17, 15) is 25.5 Å². The monoisotopic (exact) mass is 475 g/mol. The zero-order valence-electron chi connectivity index (χ0n) is 20.7. The molecule has 0 spiro atoms. The molecular weight excluding hydrogens is 430 g/mol. The number of nitrogens with two attached hydrogens (primary N) is 1. The van der Waals surface area contributed by atoms with Gasteiger partial charge in [-0.3, -0.25) is 0 Å². The molecule has 0 aromatic carbocycles. The molecule has 2 aliphatic heterocycles. The first-order chi connectivity index (χ1) is 15.2. The second kappa shape index (κ2) is 11.9. The maximum absolute atomic E-state index is 11.0. The zero-order valence-corrected chi connectivity index (χ0v) is 20.7. The van der Waals surface area contributed by atoms with Crippen LogP contribution in [0.4, 0.5) is 0 Å². The molecule has 0 bridgehead atoms. The second-order valence-electron chi connectivity index (χ2n) is 10.6. The van der Waals surface area contributed by atoms with Crippen molar-refractivity contribution in [2.24, 2.45) is 23.5 Å². The molecule has 2 aliphatic rings. The number of hydrogen-bond donors (Lipinski definition) is 6. The van der Waals surface area contributed by atoms with Crippen molar-refractivity contribution in [3.63, 3.8) is 0 Å². The van der Waals surface area contributed by atoms with Gasteiger partial charge >= 0.3 is 0 Å². The molecule has 0 aromatic heterocycles. The molecule has 0 radical (unpaired) electrons. The third-order valence-corrected chi connectivity index (χ3v) is 6.77. The van der Waals surface area contributed by atoms with E-state index in [1.54, 1.807) is 6.92 Å². The number of aliphatic hydroxyl groups excluding tert-OH is 4. The Balaban J connectivity index is 2.18. The van der Waals surface area contributed by atoms with E-state index in [4.69, 9.17) is 19.9 Å². The van der Waals surface area contributed by atoms with Gasteiger partial charge in [-0.15, -0.1) is 0 Å². The largest absolute Gasteiger partial charge is 0.393 e. The van der Waals surface area contributed by atoms with E-state index in [0.29, 0.717) is 0 Å². The molecule has 2 fully saturated rings. The minimum atomic E-state index is -1.66. The van der Waals surface area contributed by atoms with Crippen molar-refractivity contribution < 1.29 is 39.7 Å². The predicted octanol–water partition coefficient (Wildman–Crippen LogP) is 0.649. The Hall–Kier alpha value is -0.620. The van der Waals surface area contributed by atoms with Gasteiger partial charge in [0.1, 0.15) is 6.10 Å². The van der Waals surface area contributed by atoms with E-state index in [-0.39, 0.29) is 37.0 Å². The maximum atomic E-state index is 11.0. The smallest absolute Gasteiger partial charge is 0.186 e. The summed E-state index contributed by atoms with van der Waals surface area (Å²) in [6.07, 6.45) is -2.54. The minimum absolute atomic E-state index is 0.00693. The molecule has 2 heterocycles. The maximum Gasteiger partial charge on any atom is 0.186 e. The summed E-state index contributed by atoms with van der Waals surface area (Å²) in [5, 5.41) is 52.5. The Kier molecular flexibility index (Phi) is 10.3. The molecule has 0 amide bonds. The first-order valence-electron chi connectivity index (χ1n) is 12.1. The summed E-state index contributed by atoms with van der Waals surface area (Å²) >= 11 is 0. The highest BCUT2D eigenvalue weighted by molar-refractivity contribution is 4.98. The summed E-state index contributed by atoms with van der Waals surface area (Å²) < 4.78 is 17.8. The zero-order chi connectivity index (χ0) is 25.1. The summed E-state index contributed by atoms with van der Waals surface area (Å²) in [4.78, 5) is 0. The third kappa shape index (κ3) is 7.68. The highest BCUT2D eigenvalue weighted by Crippen LogP contribution is 2.37. The molecule has 9 heteroatoms. The Morgan fingerprint density at radius 2 is 1.73 bits per heavy atom. The standard InChI is InChI=1S/C24H45NO8/c1-12(2)7-8-16(32-23-22(29)20(25)21(28)15(6)31-23)9-19-14(5)18(27)11-24(30,33-19)10-17(26)13(3)4/h7-8,12-23,26-30H,9-11,25H2,1-6H3/b8-7+/t14-,15?,16+,17?,18+,19?,20?,21?,22?,23?,24-/m1/s1. The second-order valence-corrected chi connectivity index (χ2v) is 10.6. The Morgan fingerprint density at radius 1 is 1.09 bits per heavy atom. The molecule has 2 rings (SSSR count). The fourth-order valence-electron chi connectivity index (χ4n) is 4.26. The van der Waals surface area contributed by atoms with Crippen LogP contribution in [0.3, 0.4) is 0 Å². The molecule has 0 saturated carbocycles. The lowest BCUT2D eigenvalue weighted by molar-refractivity contribution is -0.309. The molecule has 7 N–H and O–H groups in total. The van der Waals surface area contributed by atoms with Gasteiger partial charge in [-0.05, 0) is 18.8 Å². The van der Waals surface area contributed by atoms with Gasteiger partial charge in [0.25, 0.3) is 0 Å². The lowest BCUT2D eigenvalue weighted by atomic mass is 9.83. The van der Waals surface area contributed by atoms with Gasteiger partial charge in [0, 0.05) is 25.2 Å². The Bertz CT molecular complexity index is 632. The third-order valence-electron chi connectivity index (χ3n) is 6.77. The molecule has 33 heavy (non-hydrogen) atoms. The average molecular weight is 476 g/mol. The first kappa shape index (κ1) is 28.6. The average Bonchev–Trinajstić information content (AvgIpc) is 2.71. The van der Waals surface area contributed by atoms with Crippen LogP contribution in [-0.2, 0) is 14.2 Å². The van der Waals surface area contributed by atoms with Crippen LogP contribution >= 0.6 is 0 Å². The Morgan fingerprint density at radius 3 is 2.30 bits per heavy atom. The SMILES string of the molecule is CC(C)/C=C/[C@@H](CC1O[C@](O)(CC(O)C(C)C)C[C@H](O)[C@H]1C)OC1OC(C)C(O)C(N)C1O. The van der Waals surface area contributed by atoms with Crippen molar-refractivity contribution in [1.29, 1.82) is 0 Å². The summed E-state index contributed by atoms with van der Waals surface area (Å²) in [7, 11) is 0. The van der Waals surface area contributed by atoms with Crippen LogP contribution in [-0.4, -0.2) is 86.4 Å². The van der Waals surface area contributed by atoms with E-state index in [2.05, 4.69) is 0 Å². The lowest BCUT2D eigenvalue weighted by Crippen LogP contribution is -2.61. The van der Waals surface area contributed by atoms with E-state index in [1.807, 2.05) is 46.8 Å². The highest BCUT2D eigenvalue weighted by atomic mass is 16.7. The molecular formula is C24H45NO8. The van der Waals surface area contributed by atoms with E-state index in [1.165, 1.54) is 0 Å². The van der Waals surface area contributed by atoms with E-state index >= 15 is 0 Å². The van der Waals surface area contributed by atoms with Crippen molar-refractivity contribution in [1.82, 2.24) is 0 Å². The van der Waals surface area contributed by atoms with Crippen LogP contribution in [0.1, 0.15) is 60.8 Å². The highest BCUT2D eigenvalue weighted by Gasteiger charge is 2.47. The number of aliphatic hydroxyl groups is 5. The van der Waals surface area contributed by atoms with Crippen molar-refractivity contribution in [3.05, 3.63) is 12.2 Å². The number of rotatable bonds is 9. The van der Waals surface area contributed by atoms with Crippen molar-refractivity contribution in [2.45, 2.75) is 122 Å². The normalized spacial score (nSPS) is 42.2. The molecule has 11 atom stereocenters. The summed E-state index contributed by atoms with van der Waals surface area (Å²) in [5.74, 6) is -1.77. The van der Waals surface area contributed by atoms with Crippen LogP contribution in [0.2, 0.25) is 0 Å². The first-order valence-corrected chi connectivity index (χ1v) is 12.1. The molecule has 9 nitrogen and oxygen atoms in total. The van der Waals surface area contributed by atoms with Crippen LogP contribution in [0, 0.1) is 17.8 Å². The summed E-state index contributed by atoms with van der Waals surface area (Å²) in [6, 6.07) is -0.914. The predicted molar refractivity (Wildman–Crippen MR) is 123 cm³/mol. The van der Waals surface area contributed by atoms with Crippen LogP contribution in [0.5, 0.6) is 0 Å². The number of ether oxygens (including phenoxy) is 3. The molecule has 194 valence electrons. The number of hydrogen-bond acceptors (Lipinski definition) is 9. The van der Waals surface area contributed by atoms with Crippen LogP contribution in [0.25, 0.3) is 0 Å². The lowest BCUT2D eigenvalue weighted by Gasteiger charge is -2.46. The van der Waals surface area contributed by atoms with Crippen LogP contribution in [0.15, 0.2) is 12.2 Å². The molecule has 2 saturated heterocycles. The molecule has 0 aliphatic carbocycles. The van der Waals surface area contributed by atoms with Gasteiger partial charge in [0.15, 0.2) is 12.1 Å². The van der Waals surface area contributed by atoms with E-state index < -0.39 is 60.8 Å². The van der Waals surface area contributed by atoms with Gasteiger partial charge in [-0.1, -0.05) is 46.8 Å². The van der Waals surface area contributed by atoms with Gasteiger partial charge in [-0.2, -0.15) is 0 Å². The molecule has 7 unspecified atom stereocenters. The topological polar surface area (TPSA) is 155 Å². The fraction of sp³-hybridized carbons (Fsp3) is 0.917. The van der Waals surface area contributed by atoms with Crippen LogP contribution < -0.4 is 5.73 Å². The van der Waals surface area contributed by atoms with Crippen molar-refractivity contribution >= 4 is 0 Å². The fourth-order valence-corrected chi connectivity index (χ4v) is 4.26. The van der Waals surface area contributed by atoms with Gasteiger partial charge < -0.3 is 45.5 Å². The summed E-state index contributed by atoms with van der Waals surface area (Å²) in [6.45, 7) is 11.2. The van der Waals surface area contributed by atoms with Gasteiger partial charge in [-0.25, -0.2) is 0 Å². The van der Waals surface area contributed by atoms with E-state index in [0.717, 1.165) is 0 Å². The minimum Gasteiger partial charge on any atom is -0.393 e. The van der Waals surface area contributed by atoms with Crippen molar-refractivity contribution in [3.8, 4) is 0 Å². The van der Waals surface area contributed by atoms with Crippen molar-refractivity contribution in [2.75, 3.05) is 0 Å².